The molecule has 0 bridgehead atoms. The minimum absolute atomic E-state index is 0.242. The van der Waals surface area contributed by atoms with Gasteiger partial charge in [0.05, 0.1) is 6.04 Å². The largest absolute Gasteiger partial charge is 0.368 e. The fourth-order valence-corrected chi connectivity index (χ4v) is 3.34. The van der Waals surface area contributed by atoms with E-state index in [0.29, 0.717) is 5.75 Å². The van der Waals surface area contributed by atoms with Crippen LogP contribution in [0.3, 0.4) is 0 Å². The van der Waals surface area contributed by atoms with Gasteiger partial charge in [0, 0.05) is 10.6 Å². The van der Waals surface area contributed by atoms with E-state index in [1.807, 2.05) is 6.92 Å². The van der Waals surface area contributed by atoms with E-state index in [1.54, 1.807) is 11.8 Å². The summed E-state index contributed by atoms with van der Waals surface area (Å²) in [5, 5.41) is 3.11. The molecule has 0 fully saturated rings. The molecule has 3 N–H and O–H groups in total. The normalized spacial score (nSPS) is 15.4. The van der Waals surface area contributed by atoms with E-state index in [2.05, 4.69) is 23.5 Å². The number of likely N-dealkylation sites (N-methyl/N-ethyl adjacent to an activating group) is 1. The third-order valence-corrected chi connectivity index (χ3v) is 4.37. The minimum Gasteiger partial charge on any atom is -0.368 e. The van der Waals surface area contributed by atoms with Gasteiger partial charge < -0.3 is 11.1 Å². The lowest BCUT2D eigenvalue weighted by atomic mass is 10.1. The molecule has 1 aliphatic carbocycles. The van der Waals surface area contributed by atoms with Gasteiger partial charge in [0.1, 0.15) is 0 Å². The van der Waals surface area contributed by atoms with Gasteiger partial charge in [-0.3, -0.25) is 4.79 Å². The predicted octanol–water partition coefficient (Wildman–Crippen LogP) is 1.73. The Balaban J connectivity index is 1.95. The molecule has 1 unspecified atom stereocenters. The number of amides is 1. The number of nitrogens with two attached hydrogens (primary N) is 1. The molecule has 0 saturated carbocycles. The zero-order valence-corrected chi connectivity index (χ0v) is 11.6. The second kappa shape index (κ2) is 6.25. The molecule has 3 nitrogen and oxygen atoms in total. The summed E-state index contributed by atoms with van der Waals surface area (Å²) >= 11 is 1.70. The SMILES string of the molecule is CCNC(CSc1ccc2c(c1)CCC2)C(N)=O. The van der Waals surface area contributed by atoms with E-state index in [0.717, 1.165) is 6.54 Å². The number of fused-ring (bicyclic) bond motifs is 1. The summed E-state index contributed by atoms with van der Waals surface area (Å²) in [7, 11) is 0. The Bertz CT molecular complexity index is 434. The molecule has 0 saturated heterocycles. The summed E-state index contributed by atoms with van der Waals surface area (Å²) < 4.78 is 0. The highest BCUT2D eigenvalue weighted by atomic mass is 32.2. The van der Waals surface area contributed by atoms with E-state index >= 15 is 0 Å². The molecule has 98 valence electrons. The number of nitrogens with one attached hydrogen (secondary N) is 1. The van der Waals surface area contributed by atoms with Crippen molar-refractivity contribution in [3.63, 3.8) is 0 Å². The smallest absolute Gasteiger partial charge is 0.235 e. The molecule has 18 heavy (non-hydrogen) atoms. The Morgan fingerprint density at radius 2 is 2.22 bits per heavy atom. The number of hydrogen-bond donors (Lipinski definition) is 2. The van der Waals surface area contributed by atoms with Crippen LogP contribution in [-0.2, 0) is 17.6 Å². The van der Waals surface area contributed by atoms with Gasteiger partial charge in [-0.05, 0) is 49.1 Å². The molecule has 1 aromatic carbocycles. The van der Waals surface area contributed by atoms with Crippen LogP contribution in [0.5, 0.6) is 0 Å². The van der Waals surface area contributed by atoms with Crippen LogP contribution in [0.25, 0.3) is 0 Å². The van der Waals surface area contributed by atoms with Gasteiger partial charge in [-0.15, -0.1) is 11.8 Å². The maximum atomic E-state index is 11.2. The van der Waals surface area contributed by atoms with Crippen LogP contribution in [0.1, 0.15) is 24.5 Å². The van der Waals surface area contributed by atoms with Gasteiger partial charge in [0.2, 0.25) is 5.91 Å². The van der Waals surface area contributed by atoms with Crippen LogP contribution < -0.4 is 11.1 Å². The van der Waals surface area contributed by atoms with Crippen LogP contribution in [0.15, 0.2) is 23.1 Å². The maximum Gasteiger partial charge on any atom is 0.235 e. The number of thioether (sulfide) groups is 1. The Labute approximate surface area is 113 Å². The quantitative estimate of drug-likeness (QED) is 0.769. The average Bonchev–Trinajstić information content (AvgIpc) is 2.81. The van der Waals surface area contributed by atoms with Crippen molar-refractivity contribution < 1.29 is 4.79 Å². The van der Waals surface area contributed by atoms with E-state index in [-0.39, 0.29) is 11.9 Å². The van der Waals surface area contributed by atoms with Gasteiger partial charge in [-0.25, -0.2) is 0 Å². The minimum atomic E-state index is -0.273. The van der Waals surface area contributed by atoms with E-state index < -0.39 is 0 Å². The Kier molecular flexibility index (Phi) is 4.66. The first kappa shape index (κ1) is 13.4. The van der Waals surface area contributed by atoms with Gasteiger partial charge >= 0.3 is 0 Å². The number of carbonyl (C=O) groups excluding carboxylic acids is 1. The molecule has 1 atom stereocenters. The standard InChI is InChI=1S/C14H20N2OS/c1-2-16-13(14(15)17)9-18-12-7-6-10-4-3-5-11(10)8-12/h6-8,13,16H,2-5,9H2,1H3,(H2,15,17). The molecule has 0 radical (unpaired) electrons. The van der Waals surface area contributed by atoms with E-state index in [9.17, 15) is 4.79 Å². The van der Waals surface area contributed by atoms with Crippen LogP contribution in [0.2, 0.25) is 0 Å². The molecule has 1 aromatic rings. The van der Waals surface area contributed by atoms with Crippen LogP contribution in [-0.4, -0.2) is 24.2 Å². The molecular weight excluding hydrogens is 244 g/mol. The highest BCUT2D eigenvalue weighted by molar-refractivity contribution is 7.99. The summed E-state index contributed by atoms with van der Waals surface area (Å²) in [6.07, 6.45) is 3.67. The molecule has 2 rings (SSSR count). The van der Waals surface area contributed by atoms with Gasteiger partial charge in [0.15, 0.2) is 0 Å². The highest BCUT2D eigenvalue weighted by Gasteiger charge is 2.15. The lowest BCUT2D eigenvalue weighted by molar-refractivity contribution is -0.119. The molecule has 0 heterocycles. The molecular formula is C14H20N2OS. The Hall–Kier alpha value is -1.00. The van der Waals surface area contributed by atoms with Crippen LogP contribution >= 0.6 is 11.8 Å². The molecule has 1 aliphatic rings. The summed E-state index contributed by atoms with van der Waals surface area (Å²) in [6, 6.07) is 6.39. The van der Waals surface area contributed by atoms with Crippen molar-refractivity contribution >= 4 is 17.7 Å². The van der Waals surface area contributed by atoms with Crippen molar-refractivity contribution in [1.29, 1.82) is 0 Å². The van der Waals surface area contributed by atoms with Crippen molar-refractivity contribution in [3.8, 4) is 0 Å². The van der Waals surface area contributed by atoms with Crippen molar-refractivity contribution in [2.75, 3.05) is 12.3 Å². The van der Waals surface area contributed by atoms with Gasteiger partial charge in [0.25, 0.3) is 0 Å². The number of hydrogen-bond acceptors (Lipinski definition) is 3. The maximum absolute atomic E-state index is 11.2. The first-order valence-electron chi connectivity index (χ1n) is 6.48. The molecule has 0 spiro atoms. The summed E-state index contributed by atoms with van der Waals surface area (Å²) in [6.45, 7) is 2.74. The van der Waals surface area contributed by atoms with Crippen LogP contribution in [0, 0.1) is 0 Å². The monoisotopic (exact) mass is 264 g/mol. The molecule has 0 aromatic heterocycles. The lowest BCUT2D eigenvalue weighted by Gasteiger charge is -2.13. The Morgan fingerprint density at radius 1 is 1.44 bits per heavy atom. The average molecular weight is 264 g/mol. The Morgan fingerprint density at radius 3 is 2.94 bits per heavy atom. The molecule has 1 amide bonds. The van der Waals surface area contributed by atoms with E-state index in [1.165, 1.54) is 35.3 Å². The first-order chi connectivity index (χ1) is 8.70. The summed E-state index contributed by atoms with van der Waals surface area (Å²) in [5.74, 6) is 0.424. The predicted molar refractivity (Wildman–Crippen MR) is 75.9 cm³/mol. The summed E-state index contributed by atoms with van der Waals surface area (Å²) in [5.41, 5.74) is 8.32. The zero-order chi connectivity index (χ0) is 13.0. The van der Waals surface area contributed by atoms with Gasteiger partial charge in [-0.1, -0.05) is 13.0 Å². The van der Waals surface area contributed by atoms with Gasteiger partial charge in [-0.2, -0.15) is 0 Å². The highest BCUT2D eigenvalue weighted by Crippen LogP contribution is 2.27. The third-order valence-electron chi connectivity index (χ3n) is 3.28. The number of rotatable bonds is 6. The second-order valence-corrected chi connectivity index (χ2v) is 5.70. The van der Waals surface area contributed by atoms with Crippen LogP contribution in [0.4, 0.5) is 0 Å². The number of primary amides is 1. The van der Waals surface area contributed by atoms with Crippen molar-refractivity contribution in [2.45, 2.75) is 37.1 Å². The first-order valence-corrected chi connectivity index (χ1v) is 7.46. The van der Waals surface area contributed by atoms with Crippen molar-refractivity contribution in [2.24, 2.45) is 5.73 Å². The van der Waals surface area contributed by atoms with E-state index in [4.69, 9.17) is 5.73 Å². The number of benzene rings is 1. The zero-order valence-electron chi connectivity index (χ0n) is 10.7. The topological polar surface area (TPSA) is 55.1 Å². The third kappa shape index (κ3) is 3.27. The lowest BCUT2D eigenvalue weighted by Crippen LogP contribution is -2.42. The number of aryl methyl sites for hydroxylation is 2. The fourth-order valence-electron chi connectivity index (χ4n) is 2.31. The van der Waals surface area contributed by atoms with Crippen molar-refractivity contribution in [1.82, 2.24) is 5.32 Å². The number of carbonyl (C=O) groups is 1. The fraction of sp³-hybridized carbons (Fsp3) is 0.500. The molecule has 0 aliphatic heterocycles. The summed E-state index contributed by atoms with van der Waals surface area (Å²) in [4.78, 5) is 12.5. The second-order valence-electron chi connectivity index (χ2n) is 4.61. The van der Waals surface area contributed by atoms with Crippen molar-refractivity contribution in [3.05, 3.63) is 29.3 Å². The molecule has 4 heteroatoms.